The standard InChI is InChI=1S/C14H18N2OS/c1-9-6-12(9)8-16-13(17)7-10-2-4-11(5-3-10)14(15)18/h2-5,9,12H,6-8H2,1H3,(H2,15,18)(H,16,17). The number of amides is 1. The zero-order chi connectivity index (χ0) is 13.1. The van der Waals surface area contributed by atoms with E-state index in [0.29, 0.717) is 17.3 Å². The van der Waals surface area contributed by atoms with E-state index >= 15 is 0 Å². The van der Waals surface area contributed by atoms with Gasteiger partial charge < -0.3 is 11.1 Å². The van der Waals surface area contributed by atoms with Crippen molar-refractivity contribution in [2.45, 2.75) is 19.8 Å². The number of carbonyl (C=O) groups is 1. The molecule has 0 aliphatic heterocycles. The van der Waals surface area contributed by atoms with E-state index < -0.39 is 0 Å². The SMILES string of the molecule is CC1CC1CNC(=O)Cc1ccc(C(N)=S)cc1. The van der Waals surface area contributed by atoms with Crippen molar-refractivity contribution in [1.82, 2.24) is 5.32 Å². The van der Waals surface area contributed by atoms with Crippen LogP contribution in [-0.4, -0.2) is 17.4 Å². The Labute approximate surface area is 113 Å². The third-order valence-corrected chi connectivity index (χ3v) is 3.68. The van der Waals surface area contributed by atoms with Crippen LogP contribution < -0.4 is 11.1 Å². The summed E-state index contributed by atoms with van der Waals surface area (Å²) in [7, 11) is 0. The second kappa shape index (κ2) is 5.48. The minimum Gasteiger partial charge on any atom is -0.389 e. The molecule has 0 aromatic heterocycles. The summed E-state index contributed by atoms with van der Waals surface area (Å²) in [4.78, 5) is 12.1. The van der Waals surface area contributed by atoms with Gasteiger partial charge in [0.15, 0.2) is 0 Å². The van der Waals surface area contributed by atoms with Crippen molar-refractivity contribution in [2.24, 2.45) is 17.6 Å². The van der Waals surface area contributed by atoms with Crippen LogP contribution in [0.3, 0.4) is 0 Å². The van der Waals surface area contributed by atoms with E-state index in [2.05, 4.69) is 12.2 Å². The highest BCUT2D eigenvalue weighted by molar-refractivity contribution is 7.80. The van der Waals surface area contributed by atoms with Gasteiger partial charge in [0.1, 0.15) is 4.99 Å². The molecule has 0 spiro atoms. The number of nitrogens with one attached hydrogen (secondary N) is 1. The normalized spacial score (nSPS) is 21.4. The Bertz CT molecular complexity index is 455. The molecule has 1 aliphatic rings. The molecule has 96 valence electrons. The number of thiocarbonyl (C=S) groups is 1. The van der Waals surface area contributed by atoms with Crippen LogP contribution in [0, 0.1) is 11.8 Å². The molecule has 1 fully saturated rings. The van der Waals surface area contributed by atoms with Gasteiger partial charge in [-0.3, -0.25) is 4.79 Å². The van der Waals surface area contributed by atoms with E-state index in [4.69, 9.17) is 18.0 Å². The molecule has 0 heterocycles. The first kappa shape index (κ1) is 13.0. The summed E-state index contributed by atoms with van der Waals surface area (Å²) >= 11 is 4.88. The van der Waals surface area contributed by atoms with Crippen molar-refractivity contribution in [3.63, 3.8) is 0 Å². The Hall–Kier alpha value is -1.42. The molecule has 2 atom stereocenters. The van der Waals surface area contributed by atoms with Gasteiger partial charge in [-0.25, -0.2) is 0 Å². The quantitative estimate of drug-likeness (QED) is 0.793. The van der Waals surface area contributed by atoms with Gasteiger partial charge >= 0.3 is 0 Å². The Morgan fingerprint density at radius 2 is 2.06 bits per heavy atom. The van der Waals surface area contributed by atoms with Crippen molar-refractivity contribution in [1.29, 1.82) is 0 Å². The summed E-state index contributed by atoms with van der Waals surface area (Å²) in [5.41, 5.74) is 7.34. The third-order valence-electron chi connectivity index (χ3n) is 3.44. The van der Waals surface area contributed by atoms with Crippen molar-refractivity contribution in [2.75, 3.05) is 6.54 Å². The Morgan fingerprint density at radius 1 is 1.44 bits per heavy atom. The smallest absolute Gasteiger partial charge is 0.224 e. The molecular formula is C14H18N2OS. The number of rotatable bonds is 5. The van der Waals surface area contributed by atoms with Crippen LogP contribution in [-0.2, 0) is 11.2 Å². The Morgan fingerprint density at radius 3 is 2.56 bits per heavy atom. The minimum absolute atomic E-state index is 0.0807. The van der Waals surface area contributed by atoms with Gasteiger partial charge in [-0.1, -0.05) is 43.4 Å². The number of benzene rings is 1. The molecule has 3 N–H and O–H groups in total. The van der Waals surface area contributed by atoms with E-state index in [1.807, 2.05) is 24.3 Å². The van der Waals surface area contributed by atoms with Crippen LogP contribution in [0.2, 0.25) is 0 Å². The van der Waals surface area contributed by atoms with Crippen LogP contribution in [0.25, 0.3) is 0 Å². The van der Waals surface area contributed by atoms with Gasteiger partial charge in [0.05, 0.1) is 6.42 Å². The molecule has 1 saturated carbocycles. The fourth-order valence-electron chi connectivity index (χ4n) is 1.96. The summed E-state index contributed by atoms with van der Waals surface area (Å²) in [6.45, 7) is 3.02. The Kier molecular flexibility index (Phi) is 3.97. The van der Waals surface area contributed by atoms with Crippen molar-refractivity contribution >= 4 is 23.1 Å². The molecular weight excluding hydrogens is 244 g/mol. The second-order valence-electron chi connectivity index (χ2n) is 5.02. The summed E-state index contributed by atoms with van der Waals surface area (Å²) in [5.74, 6) is 1.54. The zero-order valence-corrected chi connectivity index (χ0v) is 11.3. The molecule has 1 amide bonds. The second-order valence-corrected chi connectivity index (χ2v) is 5.45. The van der Waals surface area contributed by atoms with Crippen LogP contribution in [0.1, 0.15) is 24.5 Å². The highest BCUT2D eigenvalue weighted by atomic mass is 32.1. The average molecular weight is 262 g/mol. The van der Waals surface area contributed by atoms with E-state index in [1.165, 1.54) is 6.42 Å². The van der Waals surface area contributed by atoms with Crippen LogP contribution in [0.5, 0.6) is 0 Å². The van der Waals surface area contributed by atoms with Gasteiger partial charge in [-0.2, -0.15) is 0 Å². The van der Waals surface area contributed by atoms with Crippen LogP contribution in [0.4, 0.5) is 0 Å². The minimum atomic E-state index is 0.0807. The first-order chi connectivity index (χ1) is 8.56. The lowest BCUT2D eigenvalue weighted by Crippen LogP contribution is -2.27. The largest absolute Gasteiger partial charge is 0.389 e. The molecule has 3 nitrogen and oxygen atoms in total. The topological polar surface area (TPSA) is 55.1 Å². The molecule has 1 aromatic rings. The molecule has 4 heteroatoms. The molecule has 0 bridgehead atoms. The lowest BCUT2D eigenvalue weighted by atomic mass is 10.1. The van der Waals surface area contributed by atoms with E-state index in [9.17, 15) is 4.79 Å². The predicted octanol–water partition coefficient (Wildman–Crippen LogP) is 1.64. The van der Waals surface area contributed by atoms with Gasteiger partial charge in [0.2, 0.25) is 5.91 Å². The van der Waals surface area contributed by atoms with Crippen LogP contribution in [0.15, 0.2) is 24.3 Å². The summed E-state index contributed by atoms with van der Waals surface area (Å²) in [5, 5.41) is 2.97. The van der Waals surface area contributed by atoms with Crippen molar-refractivity contribution in [3.05, 3.63) is 35.4 Å². The maximum atomic E-state index is 11.7. The predicted molar refractivity (Wildman–Crippen MR) is 76.3 cm³/mol. The summed E-state index contributed by atoms with van der Waals surface area (Å²) < 4.78 is 0. The molecule has 18 heavy (non-hydrogen) atoms. The molecule has 1 aromatic carbocycles. The van der Waals surface area contributed by atoms with E-state index in [1.54, 1.807) is 0 Å². The van der Waals surface area contributed by atoms with Crippen molar-refractivity contribution < 1.29 is 4.79 Å². The molecule has 2 rings (SSSR count). The van der Waals surface area contributed by atoms with Crippen LogP contribution >= 0.6 is 12.2 Å². The molecule has 0 radical (unpaired) electrons. The molecule has 2 unspecified atom stereocenters. The van der Waals surface area contributed by atoms with E-state index in [0.717, 1.165) is 23.6 Å². The lowest BCUT2D eigenvalue weighted by Gasteiger charge is -2.05. The zero-order valence-electron chi connectivity index (χ0n) is 10.5. The van der Waals surface area contributed by atoms with E-state index in [-0.39, 0.29) is 5.91 Å². The summed E-state index contributed by atoms with van der Waals surface area (Å²) in [6.07, 6.45) is 1.65. The first-order valence-corrected chi connectivity index (χ1v) is 6.62. The molecule has 1 aliphatic carbocycles. The Balaban J connectivity index is 1.81. The average Bonchev–Trinajstić information content (AvgIpc) is 3.03. The fraction of sp³-hybridized carbons (Fsp3) is 0.429. The lowest BCUT2D eigenvalue weighted by molar-refractivity contribution is -0.120. The van der Waals surface area contributed by atoms with Crippen molar-refractivity contribution in [3.8, 4) is 0 Å². The third kappa shape index (κ3) is 3.53. The van der Waals surface area contributed by atoms with Gasteiger partial charge in [-0.15, -0.1) is 0 Å². The number of hydrogen-bond acceptors (Lipinski definition) is 2. The maximum absolute atomic E-state index is 11.7. The number of hydrogen-bond donors (Lipinski definition) is 2. The highest BCUT2D eigenvalue weighted by Gasteiger charge is 2.32. The first-order valence-electron chi connectivity index (χ1n) is 6.21. The monoisotopic (exact) mass is 262 g/mol. The molecule has 0 saturated heterocycles. The fourth-order valence-corrected chi connectivity index (χ4v) is 2.10. The van der Waals surface area contributed by atoms with Gasteiger partial charge in [-0.05, 0) is 23.8 Å². The number of carbonyl (C=O) groups excluding carboxylic acids is 1. The number of nitrogens with two attached hydrogens (primary N) is 1. The van der Waals surface area contributed by atoms with Gasteiger partial charge in [0, 0.05) is 12.1 Å². The highest BCUT2D eigenvalue weighted by Crippen LogP contribution is 2.36. The summed E-state index contributed by atoms with van der Waals surface area (Å²) in [6, 6.07) is 7.50. The maximum Gasteiger partial charge on any atom is 0.224 e. The van der Waals surface area contributed by atoms with Gasteiger partial charge in [0.25, 0.3) is 0 Å².